The van der Waals surface area contributed by atoms with Gasteiger partial charge in [0.05, 0.1) is 12.7 Å². The standard InChI is InChI=1S/C25H32N2O4/c1-17-22-20(28)15-25(2,3)16-21(22)31-23(17)24(29)27-13-11-26(12-14-27)10-9-18-5-7-19(30-4)8-6-18/h5-8H,9-16H2,1-4H3. The summed E-state index contributed by atoms with van der Waals surface area (Å²) in [5.41, 5.74) is 2.51. The summed E-state index contributed by atoms with van der Waals surface area (Å²) in [6, 6.07) is 8.18. The van der Waals surface area contributed by atoms with Crippen molar-refractivity contribution in [2.75, 3.05) is 39.8 Å². The van der Waals surface area contributed by atoms with Gasteiger partial charge in [-0.25, -0.2) is 0 Å². The first-order chi connectivity index (χ1) is 14.8. The number of furan rings is 1. The third-order valence-electron chi connectivity index (χ3n) is 6.51. The number of Topliss-reactive ketones (excluding diaryl/α,β-unsaturated/α-hetero) is 1. The van der Waals surface area contributed by atoms with Crippen LogP contribution in [0.5, 0.6) is 5.75 Å². The SMILES string of the molecule is COc1ccc(CCN2CCN(C(=O)c3oc4c(c3C)C(=O)CC(C)(C)C4)CC2)cc1. The lowest BCUT2D eigenvalue weighted by molar-refractivity contribution is 0.0602. The molecule has 0 saturated carbocycles. The monoisotopic (exact) mass is 424 g/mol. The van der Waals surface area contributed by atoms with Crippen LogP contribution in [0.2, 0.25) is 0 Å². The van der Waals surface area contributed by atoms with E-state index in [1.165, 1.54) is 5.56 Å². The quantitative estimate of drug-likeness (QED) is 0.732. The van der Waals surface area contributed by atoms with Crippen molar-refractivity contribution in [2.24, 2.45) is 5.41 Å². The highest BCUT2D eigenvalue weighted by Gasteiger charge is 2.38. The van der Waals surface area contributed by atoms with Crippen LogP contribution in [0.25, 0.3) is 0 Å². The van der Waals surface area contributed by atoms with Crippen LogP contribution in [0.1, 0.15) is 58.1 Å². The largest absolute Gasteiger partial charge is 0.497 e. The summed E-state index contributed by atoms with van der Waals surface area (Å²) in [5.74, 6) is 1.90. The molecule has 1 aromatic carbocycles. The zero-order chi connectivity index (χ0) is 22.2. The number of piperazine rings is 1. The van der Waals surface area contributed by atoms with Gasteiger partial charge in [0.25, 0.3) is 5.91 Å². The predicted molar refractivity (Wildman–Crippen MR) is 119 cm³/mol. The minimum absolute atomic E-state index is 0.0905. The highest BCUT2D eigenvalue weighted by molar-refractivity contribution is 6.03. The number of amides is 1. The third kappa shape index (κ3) is 4.54. The number of ether oxygens (including phenoxy) is 1. The number of fused-ring (bicyclic) bond motifs is 1. The van der Waals surface area contributed by atoms with E-state index in [9.17, 15) is 9.59 Å². The Balaban J connectivity index is 1.35. The van der Waals surface area contributed by atoms with Gasteiger partial charge in [-0.2, -0.15) is 0 Å². The topological polar surface area (TPSA) is 63.0 Å². The van der Waals surface area contributed by atoms with E-state index in [0.717, 1.165) is 31.8 Å². The van der Waals surface area contributed by atoms with Gasteiger partial charge in [0.1, 0.15) is 11.5 Å². The fourth-order valence-electron chi connectivity index (χ4n) is 4.68. The summed E-state index contributed by atoms with van der Waals surface area (Å²) in [5, 5.41) is 0. The first-order valence-corrected chi connectivity index (χ1v) is 11.1. The first kappa shape index (κ1) is 21.6. The fourth-order valence-corrected chi connectivity index (χ4v) is 4.68. The average Bonchev–Trinajstić information content (AvgIpc) is 3.07. The maximum atomic E-state index is 13.1. The molecule has 2 heterocycles. The molecule has 2 aromatic rings. The van der Waals surface area contributed by atoms with E-state index in [1.807, 2.05) is 24.0 Å². The van der Waals surface area contributed by atoms with E-state index >= 15 is 0 Å². The van der Waals surface area contributed by atoms with Crippen molar-refractivity contribution in [2.45, 2.75) is 40.0 Å². The summed E-state index contributed by atoms with van der Waals surface area (Å²) in [6.45, 7) is 9.97. The molecule has 31 heavy (non-hydrogen) atoms. The Bertz CT molecular complexity index is 966. The normalized spacial score (nSPS) is 18.7. The molecule has 1 amide bonds. The molecule has 166 valence electrons. The Morgan fingerprint density at radius 1 is 1.10 bits per heavy atom. The zero-order valence-electron chi connectivity index (χ0n) is 19.0. The predicted octanol–water partition coefficient (Wildman–Crippen LogP) is 3.75. The van der Waals surface area contributed by atoms with Crippen LogP contribution in [0.15, 0.2) is 28.7 Å². The van der Waals surface area contributed by atoms with Crippen molar-refractivity contribution in [3.63, 3.8) is 0 Å². The van der Waals surface area contributed by atoms with Gasteiger partial charge in [-0.05, 0) is 36.5 Å². The van der Waals surface area contributed by atoms with Gasteiger partial charge in [-0.15, -0.1) is 0 Å². The summed E-state index contributed by atoms with van der Waals surface area (Å²) in [4.78, 5) is 30.0. The second-order valence-electron chi connectivity index (χ2n) is 9.53. The number of rotatable bonds is 5. The molecule has 6 nitrogen and oxygen atoms in total. The number of hydrogen-bond acceptors (Lipinski definition) is 5. The van der Waals surface area contributed by atoms with Crippen LogP contribution < -0.4 is 4.74 Å². The summed E-state index contributed by atoms with van der Waals surface area (Å²) < 4.78 is 11.2. The second kappa shape index (κ2) is 8.50. The molecular weight excluding hydrogens is 392 g/mol. The molecule has 0 radical (unpaired) electrons. The minimum Gasteiger partial charge on any atom is -0.497 e. The van der Waals surface area contributed by atoms with Crippen molar-refractivity contribution in [3.8, 4) is 5.75 Å². The maximum Gasteiger partial charge on any atom is 0.289 e. The Morgan fingerprint density at radius 2 is 1.77 bits per heavy atom. The molecule has 0 unspecified atom stereocenters. The molecule has 2 aliphatic rings. The summed E-state index contributed by atoms with van der Waals surface area (Å²) in [6.07, 6.45) is 2.17. The average molecular weight is 425 g/mol. The van der Waals surface area contributed by atoms with E-state index in [4.69, 9.17) is 9.15 Å². The van der Waals surface area contributed by atoms with Crippen LogP contribution in [0.4, 0.5) is 0 Å². The molecule has 1 aliphatic heterocycles. The van der Waals surface area contributed by atoms with E-state index in [2.05, 4.69) is 30.9 Å². The number of methoxy groups -OCH3 is 1. The van der Waals surface area contributed by atoms with Gasteiger partial charge in [0, 0.05) is 51.1 Å². The van der Waals surface area contributed by atoms with Gasteiger partial charge in [0.2, 0.25) is 0 Å². The number of nitrogens with zero attached hydrogens (tertiary/aromatic N) is 2. The minimum atomic E-state index is -0.121. The van der Waals surface area contributed by atoms with Crippen molar-refractivity contribution in [3.05, 3.63) is 52.5 Å². The van der Waals surface area contributed by atoms with Crippen molar-refractivity contribution in [1.82, 2.24) is 9.80 Å². The van der Waals surface area contributed by atoms with Crippen LogP contribution in [0, 0.1) is 12.3 Å². The van der Waals surface area contributed by atoms with Crippen molar-refractivity contribution in [1.29, 1.82) is 0 Å². The Hall–Kier alpha value is -2.60. The number of hydrogen-bond donors (Lipinski definition) is 0. The van der Waals surface area contributed by atoms with Gasteiger partial charge >= 0.3 is 0 Å². The lowest BCUT2D eigenvalue weighted by atomic mass is 9.76. The number of benzene rings is 1. The van der Waals surface area contributed by atoms with E-state index in [0.29, 0.717) is 48.6 Å². The molecule has 0 atom stereocenters. The van der Waals surface area contributed by atoms with Crippen LogP contribution in [-0.4, -0.2) is 61.3 Å². The summed E-state index contributed by atoms with van der Waals surface area (Å²) >= 11 is 0. The van der Waals surface area contributed by atoms with E-state index < -0.39 is 0 Å². The van der Waals surface area contributed by atoms with Gasteiger partial charge in [-0.3, -0.25) is 14.5 Å². The molecule has 1 saturated heterocycles. The molecule has 1 aromatic heterocycles. The number of carbonyl (C=O) groups is 2. The van der Waals surface area contributed by atoms with E-state index in [1.54, 1.807) is 7.11 Å². The van der Waals surface area contributed by atoms with Gasteiger partial charge in [-0.1, -0.05) is 26.0 Å². The number of ketones is 1. The highest BCUT2D eigenvalue weighted by atomic mass is 16.5. The molecular formula is C25H32N2O4. The Labute approximate surface area is 184 Å². The Morgan fingerprint density at radius 3 is 2.42 bits per heavy atom. The second-order valence-corrected chi connectivity index (χ2v) is 9.53. The summed E-state index contributed by atoms with van der Waals surface area (Å²) in [7, 11) is 1.67. The first-order valence-electron chi connectivity index (χ1n) is 11.1. The van der Waals surface area contributed by atoms with Crippen LogP contribution >= 0.6 is 0 Å². The van der Waals surface area contributed by atoms with Crippen LogP contribution in [0.3, 0.4) is 0 Å². The van der Waals surface area contributed by atoms with E-state index in [-0.39, 0.29) is 17.1 Å². The molecule has 4 rings (SSSR count). The Kier molecular flexibility index (Phi) is 5.93. The molecule has 1 aliphatic carbocycles. The van der Waals surface area contributed by atoms with Crippen molar-refractivity contribution < 1.29 is 18.7 Å². The molecule has 0 N–H and O–H groups in total. The lowest BCUT2D eigenvalue weighted by Gasteiger charge is -2.34. The smallest absolute Gasteiger partial charge is 0.289 e. The molecule has 1 fully saturated rings. The highest BCUT2D eigenvalue weighted by Crippen LogP contribution is 2.38. The zero-order valence-corrected chi connectivity index (χ0v) is 19.0. The molecule has 0 bridgehead atoms. The van der Waals surface area contributed by atoms with Crippen LogP contribution in [-0.2, 0) is 12.8 Å². The maximum absolute atomic E-state index is 13.1. The third-order valence-corrected chi connectivity index (χ3v) is 6.51. The van der Waals surface area contributed by atoms with Gasteiger partial charge in [0.15, 0.2) is 11.5 Å². The van der Waals surface area contributed by atoms with Gasteiger partial charge < -0.3 is 14.1 Å². The molecule has 6 heteroatoms. The molecule has 0 spiro atoms. The lowest BCUT2D eigenvalue weighted by Crippen LogP contribution is -2.49. The fraction of sp³-hybridized carbons (Fsp3) is 0.520. The number of carbonyl (C=O) groups excluding carboxylic acids is 2. The van der Waals surface area contributed by atoms with Crippen molar-refractivity contribution >= 4 is 11.7 Å².